The molecule has 4 aromatic rings. The molecule has 0 aliphatic carbocycles. The van der Waals surface area contributed by atoms with Gasteiger partial charge in [-0.2, -0.15) is 0 Å². The van der Waals surface area contributed by atoms with Gasteiger partial charge in [0, 0.05) is 24.0 Å². The lowest BCUT2D eigenvalue weighted by molar-refractivity contribution is -0.140. The molecule has 4 aromatic carbocycles. The third-order valence-corrected chi connectivity index (χ3v) is 9.53. The third-order valence-electron chi connectivity index (χ3n) is 7.23. The fourth-order valence-corrected chi connectivity index (χ4v) is 6.45. The number of benzene rings is 4. The molecule has 0 fully saturated rings. The Bertz CT molecular complexity index is 1700. The number of nitrogens with one attached hydrogen (secondary N) is 1. The molecule has 0 aliphatic heterocycles. The first kappa shape index (κ1) is 33.9. The van der Waals surface area contributed by atoms with Crippen LogP contribution in [0.3, 0.4) is 0 Å². The lowest BCUT2D eigenvalue weighted by atomic mass is 10.0. The second kappa shape index (κ2) is 15.3. The number of rotatable bonds is 13. The van der Waals surface area contributed by atoms with Crippen molar-refractivity contribution in [3.8, 4) is 0 Å². The molecule has 0 aromatic heterocycles. The Kier molecular flexibility index (Phi) is 11.5. The summed E-state index contributed by atoms with van der Waals surface area (Å²) in [5.74, 6) is -1.65. The highest BCUT2D eigenvalue weighted by Gasteiger charge is 2.35. The van der Waals surface area contributed by atoms with Crippen LogP contribution in [0, 0.1) is 18.7 Å². The summed E-state index contributed by atoms with van der Waals surface area (Å²) in [5.41, 5.74) is 2.15. The summed E-state index contributed by atoms with van der Waals surface area (Å²) < 4.78 is 44.9. The smallest absolute Gasteiger partial charge is 0.264 e. The number of anilines is 1. The van der Waals surface area contributed by atoms with Crippen LogP contribution in [0.4, 0.5) is 10.1 Å². The third kappa shape index (κ3) is 9.02. The van der Waals surface area contributed by atoms with E-state index >= 15 is 4.39 Å². The van der Waals surface area contributed by atoms with Crippen molar-refractivity contribution in [3.63, 3.8) is 0 Å². The van der Waals surface area contributed by atoms with Crippen LogP contribution in [0.5, 0.6) is 0 Å². The topological polar surface area (TPSA) is 86.8 Å². The number of aryl methyl sites for hydroxylation is 1. The molecule has 0 saturated heterocycles. The van der Waals surface area contributed by atoms with Gasteiger partial charge in [-0.3, -0.25) is 13.9 Å². The molecule has 0 radical (unpaired) electrons. The number of sulfonamides is 1. The maximum atomic E-state index is 15.2. The lowest BCUT2D eigenvalue weighted by Gasteiger charge is -2.34. The molecule has 45 heavy (non-hydrogen) atoms. The maximum Gasteiger partial charge on any atom is 0.264 e. The molecule has 0 saturated carbocycles. The molecule has 1 N–H and O–H groups in total. The zero-order chi connectivity index (χ0) is 32.6. The van der Waals surface area contributed by atoms with Crippen LogP contribution in [0.2, 0.25) is 0 Å². The van der Waals surface area contributed by atoms with Gasteiger partial charge in [0.15, 0.2) is 0 Å². The van der Waals surface area contributed by atoms with Gasteiger partial charge in [0.05, 0.1) is 10.6 Å². The van der Waals surface area contributed by atoms with E-state index in [9.17, 15) is 18.0 Å². The average molecular weight is 695 g/mol. The van der Waals surface area contributed by atoms with Crippen LogP contribution in [0.25, 0.3) is 0 Å². The van der Waals surface area contributed by atoms with Gasteiger partial charge in [-0.25, -0.2) is 12.8 Å². The van der Waals surface area contributed by atoms with Crippen molar-refractivity contribution in [2.24, 2.45) is 5.92 Å². The largest absolute Gasteiger partial charge is 0.354 e. The molecule has 1 atom stereocenters. The van der Waals surface area contributed by atoms with Crippen molar-refractivity contribution in [2.45, 2.75) is 44.7 Å². The molecule has 2 amide bonds. The van der Waals surface area contributed by atoms with Crippen molar-refractivity contribution >= 4 is 43.5 Å². The van der Waals surface area contributed by atoms with E-state index in [-0.39, 0.29) is 35.4 Å². The van der Waals surface area contributed by atoms with E-state index in [1.807, 2.05) is 75.4 Å². The zero-order valence-corrected chi connectivity index (χ0v) is 27.9. The highest BCUT2D eigenvalue weighted by atomic mass is 79.9. The summed E-state index contributed by atoms with van der Waals surface area (Å²) in [6.45, 7) is 5.46. The second-order valence-corrected chi connectivity index (χ2v) is 14.0. The summed E-state index contributed by atoms with van der Waals surface area (Å²) in [4.78, 5) is 29.5. The highest BCUT2D eigenvalue weighted by Crippen LogP contribution is 2.27. The van der Waals surface area contributed by atoms with Gasteiger partial charge in [0.1, 0.15) is 18.4 Å². The van der Waals surface area contributed by atoms with Crippen LogP contribution in [-0.4, -0.2) is 44.3 Å². The summed E-state index contributed by atoms with van der Waals surface area (Å²) in [7, 11) is -4.39. The summed E-state index contributed by atoms with van der Waals surface area (Å²) >= 11 is 3.43. The molecule has 10 heteroatoms. The van der Waals surface area contributed by atoms with Gasteiger partial charge < -0.3 is 10.2 Å². The first-order valence-corrected chi connectivity index (χ1v) is 16.9. The lowest BCUT2D eigenvalue weighted by Crippen LogP contribution is -2.53. The Morgan fingerprint density at radius 1 is 0.844 bits per heavy atom. The van der Waals surface area contributed by atoms with Crippen LogP contribution in [-0.2, 0) is 32.6 Å². The SMILES string of the molecule is Cc1ccc(S(=O)(=O)N(CC(=O)N(Cc2ccc(Br)cc2)[C@H](Cc2ccccc2)C(=O)NCC(C)C)c2ccccc2F)cc1. The Hall–Kier alpha value is -4.02. The summed E-state index contributed by atoms with van der Waals surface area (Å²) in [6, 6.07) is 27.2. The van der Waals surface area contributed by atoms with Gasteiger partial charge in [-0.15, -0.1) is 0 Å². The van der Waals surface area contributed by atoms with Crippen LogP contribution in [0.1, 0.15) is 30.5 Å². The van der Waals surface area contributed by atoms with E-state index < -0.39 is 34.3 Å². The van der Waals surface area contributed by atoms with E-state index in [0.29, 0.717) is 6.54 Å². The standard InChI is InChI=1S/C35H37BrFN3O4S/c1-25(2)22-38-35(42)33(21-27-9-5-4-6-10-27)39(23-28-15-17-29(36)18-16-28)34(41)24-40(32-12-8-7-11-31(32)37)45(43,44)30-19-13-26(3)14-20-30/h4-20,25,33H,21-24H2,1-3H3,(H,38,42)/t33-/m1/s1. The van der Waals surface area contributed by atoms with Crippen molar-refractivity contribution in [2.75, 3.05) is 17.4 Å². The minimum atomic E-state index is -4.39. The van der Waals surface area contributed by atoms with Crippen molar-refractivity contribution < 1.29 is 22.4 Å². The van der Waals surface area contributed by atoms with Crippen LogP contribution < -0.4 is 9.62 Å². The second-order valence-electron chi connectivity index (χ2n) is 11.3. The number of halogens is 2. The van der Waals surface area contributed by atoms with E-state index in [1.54, 1.807) is 12.1 Å². The minimum Gasteiger partial charge on any atom is -0.354 e. The molecule has 236 valence electrons. The number of carbonyl (C=O) groups is 2. The van der Waals surface area contributed by atoms with Gasteiger partial charge in [-0.05, 0) is 60.4 Å². The summed E-state index contributed by atoms with van der Waals surface area (Å²) in [6.07, 6.45) is 0.192. The van der Waals surface area contributed by atoms with Gasteiger partial charge in [0.2, 0.25) is 11.8 Å². The number of hydrogen-bond donors (Lipinski definition) is 1. The molecular formula is C35H37BrFN3O4S. The van der Waals surface area contributed by atoms with Crippen molar-refractivity contribution in [3.05, 3.63) is 130 Å². The molecule has 0 heterocycles. The maximum absolute atomic E-state index is 15.2. The molecular weight excluding hydrogens is 657 g/mol. The van der Waals surface area contributed by atoms with Crippen LogP contribution >= 0.6 is 15.9 Å². The van der Waals surface area contributed by atoms with Crippen LogP contribution in [0.15, 0.2) is 112 Å². The van der Waals surface area contributed by atoms with E-state index in [0.717, 1.165) is 31.5 Å². The average Bonchev–Trinajstić information content (AvgIpc) is 3.02. The van der Waals surface area contributed by atoms with Crippen molar-refractivity contribution in [1.29, 1.82) is 0 Å². The van der Waals surface area contributed by atoms with E-state index in [1.165, 1.54) is 35.2 Å². The Morgan fingerprint density at radius 2 is 1.47 bits per heavy atom. The van der Waals surface area contributed by atoms with E-state index in [4.69, 9.17) is 0 Å². The normalized spacial score (nSPS) is 12.0. The van der Waals surface area contributed by atoms with Gasteiger partial charge in [0.25, 0.3) is 10.0 Å². The first-order chi connectivity index (χ1) is 21.5. The summed E-state index contributed by atoms with van der Waals surface area (Å²) in [5, 5.41) is 2.96. The Morgan fingerprint density at radius 3 is 2.09 bits per heavy atom. The first-order valence-electron chi connectivity index (χ1n) is 14.6. The highest BCUT2D eigenvalue weighted by molar-refractivity contribution is 9.10. The fourth-order valence-electron chi connectivity index (χ4n) is 4.77. The Balaban J connectivity index is 1.80. The molecule has 0 aliphatic rings. The molecule has 4 rings (SSSR count). The number of para-hydroxylation sites is 1. The quantitative estimate of drug-likeness (QED) is 0.173. The number of hydrogen-bond acceptors (Lipinski definition) is 4. The Labute approximate surface area is 273 Å². The predicted octanol–water partition coefficient (Wildman–Crippen LogP) is 6.50. The number of carbonyl (C=O) groups excluding carboxylic acids is 2. The van der Waals surface area contributed by atoms with Gasteiger partial charge >= 0.3 is 0 Å². The minimum absolute atomic E-state index is 0.0222. The fraction of sp³-hybridized carbons (Fsp3) is 0.257. The van der Waals surface area contributed by atoms with Crippen molar-refractivity contribution in [1.82, 2.24) is 10.2 Å². The molecule has 0 unspecified atom stereocenters. The number of amides is 2. The van der Waals surface area contributed by atoms with E-state index in [2.05, 4.69) is 21.2 Å². The van der Waals surface area contributed by atoms with Gasteiger partial charge in [-0.1, -0.05) is 102 Å². The molecule has 0 bridgehead atoms. The monoisotopic (exact) mass is 693 g/mol. The molecule has 0 spiro atoms. The zero-order valence-electron chi connectivity index (χ0n) is 25.5. The predicted molar refractivity (Wildman–Crippen MR) is 179 cm³/mol. The molecule has 7 nitrogen and oxygen atoms in total. The number of nitrogens with zero attached hydrogens (tertiary/aromatic N) is 2.